The third-order valence-corrected chi connectivity index (χ3v) is 5.49. The molecule has 0 N–H and O–H groups in total. The van der Waals surface area contributed by atoms with Gasteiger partial charge in [-0.15, -0.1) is 0 Å². The normalized spacial score (nSPS) is 18.6. The molecule has 2 heterocycles. The zero-order chi connectivity index (χ0) is 17.6. The van der Waals surface area contributed by atoms with Crippen LogP contribution in [0, 0.1) is 0 Å². The highest BCUT2D eigenvalue weighted by molar-refractivity contribution is 6.31. The van der Waals surface area contributed by atoms with Gasteiger partial charge in [-0.05, 0) is 37.6 Å². The second-order valence-electron chi connectivity index (χ2n) is 6.83. The Labute approximate surface area is 154 Å². The van der Waals surface area contributed by atoms with E-state index >= 15 is 0 Å². The van der Waals surface area contributed by atoms with Crippen LogP contribution in [0.5, 0.6) is 0 Å². The van der Waals surface area contributed by atoms with Gasteiger partial charge in [0, 0.05) is 44.2 Å². The maximum absolute atomic E-state index is 12.5. The van der Waals surface area contributed by atoms with E-state index in [0.717, 1.165) is 25.2 Å². The number of carbonyl (C=O) groups is 2. The highest BCUT2D eigenvalue weighted by Gasteiger charge is 2.25. The molecule has 1 aromatic rings. The Balaban J connectivity index is 1.42. The van der Waals surface area contributed by atoms with Crippen molar-refractivity contribution in [3.05, 3.63) is 34.9 Å². The van der Waals surface area contributed by atoms with Crippen molar-refractivity contribution >= 4 is 23.4 Å². The predicted molar refractivity (Wildman–Crippen MR) is 98.6 cm³/mol. The number of carbonyl (C=O) groups excluding carboxylic acids is 2. The van der Waals surface area contributed by atoms with Crippen molar-refractivity contribution in [3.8, 4) is 0 Å². The zero-order valence-corrected chi connectivity index (χ0v) is 15.4. The van der Waals surface area contributed by atoms with Crippen LogP contribution >= 0.6 is 11.6 Å². The molecule has 0 saturated carbocycles. The molecule has 0 atom stereocenters. The van der Waals surface area contributed by atoms with Gasteiger partial charge in [0.15, 0.2) is 0 Å². The maximum Gasteiger partial charge on any atom is 0.227 e. The second kappa shape index (κ2) is 8.68. The van der Waals surface area contributed by atoms with Crippen LogP contribution in [0.4, 0.5) is 0 Å². The molecule has 0 radical (unpaired) electrons. The Morgan fingerprint density at radius 1 is 0.880 bits per heavy atom. The van der Waals surface area contributed by atoms with Gasteiger partial charge in [-0.2, -0.15) is 0 Å². The van der Waals surface area contributed by atoms with Gasteiger partial charge < -0.3 is 14.7 Å². The van der Waals surface area contributed by atoms with E-state index in [9.17, 15) is 9.59 Å². The summed E-state index contributed by atoms with van der Waals surface area (Å²) < 4.78 is 0. The summed E-state index contributed by atoms with van der Waals surface area (Å²) in [5.74, 6) is 0.294. The maximum atomic E-state index is 12.5. The van der Waals surface area contributed by atoms with Crippen LogP contribution in [0.3, 0.4) is 0 Å². The van der Waals surface area contributed by atoms with Gasteiger partial charge in [0.1, 0.15) is 0 Å². The number of hydrogen-bond donors (Lipinski definition) is 0. The summed E-state index contributed by atoms with van der Waals surface area (Å²) in [5, 5.41) is 0.631. The first-order chi connectivity index (χ1) is 12.1. The average Bonchev–Trinajstić information content (AvgIpc) is 3.15. The zero-order valence-electron chi connectivity index (χ0n) is 14.6. The van der Waals surface area contributed by atoms with E-state index in [1.54, 1.807) is 6.07 Å². The van der Waals surface area contributed by atoms with Gasteiger partial charge in [0.25, 0.3) is 0 Å². The summed E-state index contributed by atoms with van der Waals surface area (Å²) in [7, 11) is 0. The minimum Gasteiger partial charge on any atom is -0.339 e. The van der Waals surface area contributed by atoms with Crippen molar-refractivity contribution in [2.75, 3.05) is 45.8 Å². The quantitative estimate of drug-likeness (QED) is 0.804. The van der Waals surface area contributed by atoms with Crippen LogP contribution in [0.15, 0.2) is 24.3 Å². The topological polar surface area (TPSA) is 43.9 Å². The Bertz CT molecular complexity index is 608. The smallest absolute Gasteiger partial charge is 0.227 e. The SMILES string of the molecule is O=C(CCN1CCCC1)N1CCN(C(=O)Cc2ccccc2Cl)CC1. The molecule has 0 bridgehead atoms. The van der Waals surface area contributed by atoms with Crippen molar-refractivity contribution < 1.29 is 9.59 Å². The number of halogens is 1. The lowest BCUT2D eigenvalue weighted by Crippen LogP contribution is -2.51. The highest BCUT2D eigenvalue weighted by atomic mass is 35.5. The van der Waals surface area contributed by atoms with E-state index in [4.69, 9.17) is 11.6 Å². The summed E-state index contributed by atoms with van der Waals surface area (Å²) in [5.41, 5.74) is 0.860. The van der Waals surface area contributed by atoms with Gasteiger partial charge in [-0.25, -0.2) is 0 Å². The van der Waals surface area contributed by atoms with Gasteiger partial charge in [-0.3, -0.25) is 9.59 Å². The average molecular weight is 364 g/mol. The third-order valence-electron chi connectivity index (χ3n) is 5.13. The number of amides is 2. The molecule has 0 unspecified atom stereocenters. The molecule has 1 aromatic carbocycles. The molecule has 2 saturated heterocycles. The molecule has 3 rings (SSSR count). The largest absolute Gasteiger partial charge is 0.339 e. The number of likely N-dealkylation sites (tertiary alicyclic amines) is 1. The number of hydrogen-bond acceptors (Lipinski definition) is 3. The predicted octanol–water partition coefficient (Wildman–Crippen LogP) is 2.04. The van der Waals surface area contributed by atoms with Crippen molar-refractivity contribution in [2.24, 2.45) is 0 Å². The molecule has 2 aliphatic heterocycles. The van der Waals surface area contributed by atoms with Crippen LogP contribution in [-0.4, -0.2) is 72.3 Å². The van der Waals surface area contributed by atoms with Gasteiger partial charge in [0.2, 0.25) is 11.8 Å². The molecule has 2 amide bonds. The molecule has 2 aliphatic rings. The lowest BCUT2D eigenvalue weighted by atomic mass is 10.1. The van der Waals surface area contributed by atoms with Gasteiger partial charge in [-0.1, -0.05) is 29.8 Å². The Morgan fingerprint density at radius 2 is 1.48 bits per heavy atom. The summed E-state index contributed by atoms with van der Waals surface area (Å²) in [6.45, 7) is 5.59. The first-order valence-corrected chi connectivity index (χ1v) is 9.52. The van der Waals surface area contributed by atoms with Crippen molar-refractivity contribution in [1.82, 2.24) is 14.7 Å². The standard InChI is InChI=1S/C19H26ClN3O2/c20-17-6-2-1-5-16(17)15-19(25)23-13-11-22(12-14-23)18(24)7-10-21-8-3-4-9-21/h1-2,5-6H,3-4,7-15H2. The van der Waals surface area contributed by atoms with Crippen LogP contribution in [0.2, 0.25) is 5.02 Å². The number of benzene rings is 1. The van der Waals surface area contributed by atoms with E-state index in [1.165, 1.54) is 12.8 Å². The fourth-order valence-corrected chi connectivity index (χ4v) is 3.74. The van der Waals surface area contributed by atoms with E-state index < -0.39 is 0 Å². The van der Waals surface area contributed by atoms with Crippen molar-refractivity contribution in [2.45, 2.75) is 25.7 Å². The molecule has 6 heteroatoms. The van der Waals surface area contributed by atoms with Crippen LogP contribution < -0.4 is 0 Å². The molecule has 0 aliphatic carbocycles. The minimum absolute atomic E-state index is 0.0808. The van der Waals surface area contributed by atoms with E-state index in [0.29, 0.717) is 44.0 Å². The number of rotatable bonds is 5. The van der Waals surface area contributed by atoms with Crippen LogP contribution in [-0.2, 0) is 16.0 Å². The lowest BCUT2D eigenvalue weighted by Gasteiger charge is -2.35. The fraction of sp³-hybridized carbons (Fsp3) is 0.579. The van der Waals surface area contributed by atoms with Gasteiger partial charge >= 0.3 is 0 Å². The van der Waals surface area contributed by atoms with Crippen molar-refractivity contribution in [3.63, 3.8) is 0 Å². The van der Waals surface area contributed by atoms with Crippen LogP contribution in [0.25, 0.3) is 0 Å². The lowest BCUT2D eigenvalue weighted by molar-refractivity contribution is -0.139. The molecule has 2 fully saturated rings. The Kier molecular flexibility index (Phi) is 6.32. The first-order valence-electron chi connectivity index (χ1n) is 9.15. The molecule has 136 valence electrons. The monoisotopic (exact) mass is 363 g/mol. The third kappa shape index (κ3) is 4.95. The molecular formula is C19H26ClN3O2. The molecule has 5 nitrogen and oxygen atoms in total. The fourth-order valence-electron chi connectivity index (χ4n) is 3.54. The first kappa shape index (κ1) is 18.2. The van der Waals surface area contributed by atoms with Crippen LogP contribution in [0.1, 0.15) is 24.8 Å². The Hall–Kier alpha value is -1.59. The summed E-state index contributed by atoms with van der Waals surface area (Å²) in [4.78, 5) is 30.9. The Morgan fingerprint density at radius 3 is 2.12 bits per heavy atom. The molecule has 25 heavy (non-hydrogen) atoms. The highest BCUT2D eigenvalue weighted by Crippen LogP contribution is 2.17. The molecule has 0 aromatic heterocycles. The van der Waals surface area contributed by atoms with Gasteiger partial charge in [0.05, 0.1) is 6.42 Å². The van der Waals surface area contributed by atoms with Crippen molar-refractivity contribution in [1.29, 1.82) is 0 Å². The molecule has 0 spiro atoms. The second-order valence-corrected chi connectivity index (χ2v) is 7.24. The van der Waals surface area contributed by atoms with E-state index in [1.807, 2.05) is 28.0 Å². The summed E-state index contributed by atoms with van der Waals surface area (Å²) in [6.07, 6.45) is 3.41. The van der Waals surface area contributed by atoms with E-state index in [2.05, 4.69) is 4.90 Å². The minimum atomic E-state index is 0.0808. The number of nitrogens with zero attached hydrogens (tertiary/aromatic N) is 3. The summed E-state index contributed by atoms with van der Waals surface area (Å²) >= 11 is 6.13. The van der Waals surface area contributed by atoms with E-state index in [-0.39, 0.29) is 11.8 Å². The number of piperazine rings is 1. The summed E-state index contributed by atoms with van der Waals surface area (Å²) in [6, 6.07) is 7.45. The molecular weight excluding hydrogens is 338 g/mol.